The molecule has 2 atom stereocenters. The predicted molar refractivity (Wildman–Crippen MR) is 67.8 cm³/mol. The van der Waals surface area contributed by atoms with Crippen molar-refractivity contribution in [2.45, 2.75) is 44.4 Å². The van der Waals surface area contributed by atoms with Gasteiger partial charge in [-0.25, -0.2) is 0 Å². The molecule has 1 unspecified atom stereocenters. The zero-order valence-corrected chi connectivity index (χ0v) is 10.9. The Balaban J connectivity index is 2.44. The number of nitrogens with zero attached hydrogens (tertiary/aromatic N) is 1. The van der Waals surface area contributed by atoms with Gasteiger partial charge in [0.25, 0.3) is 6.47 Å². The maximum Gasteiger partial charge on any atom is 0.294 e. The monoisotopic (exact) mass is 271 g/mol. The Bertz CT molecular complexity index is 311. The highest BCUT2D eigenvalue weighted by atomic mass is 16.5. The summed E-state index contributed by atoms with van der Waals surface area (Å²) >= 11 is 0. The number of ether oxygens (including phenoxy) is 1. The standard InChI is InChI=1S/C12H21N3O4/c13-12(18)10-4-3-7-15(10)11(19-9-17)5-1-2-6-14-8-16/h8-11H,1-7H2,(H2,13,18)(H,14,16)/t10-,11?/m0/s1. The molecule has 0 spiro atoms. The third kappa shape index (κ3) is 4.86. The molecule has 0 bridgehead atoms. The second-order valence-electron chi connectivity index (χ2n) is 4.55. The average Bonchev–Trinajstić information content (AvgIpc) is 2.86. The highest BCUT2D eigenvalue weighted by Gasteiger charge is 2.34. The summed E-state index contributed by atoms with van der Waals surface area (Å²) in [5.41, 5.74) is 5.34. The van der Waals surface area contributed by atoms with Gasteiger partial charge in [0.2, 0.25) is 12.3 Å². The summed E-state index contributed by atoms with van der Waals surface area (Å²) < 4.78 is 5.06. The molecule has 0 aromatic rings. The van der Waals surface area contributed by atoms with Gasteiger partial charge in [-0.3, -0.25) is 19.3 Å². The first-order valence-electron chi connectivity index (χ1n) is 6.52. The zero-order chi connectivity index (χ0) is 14.1. The normalized spacial score (nSPS) is 20.7. The SMILES string of the molecule is NC(=O)[C@@H]1CCCN1C(CCCCNC=O)OC=O. The van der Waals surface area contributed by atoms with E-state index in [4.69, 9.17) is 10.5 Å². The highest BCUT2D eigenvalue weighted by Crippen LogP contribution is 2.22. The number of rotatable bonds is 10. The van der Waals surface area contributed by atoms with E-state index in [2.05, 4.69) is 5.32 Å². The van der Waals surface area contributed by atoms with Crippen LogP contribution in [-0.2, 0) is 19.1 Å². The average molecular weight is 271 g/mol. The van der Waals surface area contributed by atoms with Crippen molar-refractivity contribution in [2.75, 3.05) is 13.1 Å². The first-order valence-corrected chi connectivity index (χ1v) is 6.52. The number of carbonyl (C=O) groups is 3. The number of nitrogens with one attached hydrogen (secondary N) is 1. The van der Waals surface area contributed by atoms with Crippen LogP contribution >= 0.6 is 0 Å². The molecule has 0 aromatic heterocycles. The summed E-state index contributed by atoms with van der Waals surface area (Å²) in [4.78, 5) is 33.8. The van der Waals surface area contributed by atoms with Crippen LogP contribution in [0.2, 0.25) is 0 Å². The van der Waals surface area contributed by atoms with Gasteiger partial charge < -0.3 is 15.8 Å². The number of nitrogens with two attached hydrogens (primary N) is 1. The fraction of sp³-hybridized carbons (Fsp3) is 0.750. The molecule has 1 rings (SSSR count). The summed E-state index contributed by atoms with van der Waals surface area (Å²) in [6, 6.07) is -0.349. The Kier molecular flexibility index (Phi) is 6.88. The topological polar surface area (TPSA) is 102 Å². The van der Waals surface area contributed by atoms with Crippen molar-refractivity contribution in [3.63, 3.8) is 0 Å². The van der Waals surface area contributed by atoms with E-state index in [1.54, 1.807) is 0 Å². The fourth-order valence-electron chi connectivity index (χ4n) is 2.42. The minimum absolute atomic E-state index is 0.349. The Morgan fingerprint density at radius 2 is 2.26 bits per heavy atom. The first-order chi connectivity index (χ1) is 9.20. The van der Waals surface area contributed by atoms with Gasteiger partial charge in [-0.05, 0) is 32.1 Å². The van der Waals surface area contributed by atoms with Crippen LogP contribution < -0.4 is 11.1 Å². The van der Waals surface area contributed by atoms with Gasteiger partial charge >= 0.3 is 0 Å². The lowest BCUT2D eigenvalue weighted by molar-refractivity contribution is -0.148. The van der Waals surface area contributed by atoms with Crippen molar-refractivity contribution in [1.29, 1.82) is 0 Å². The number of unbranched alkanes of at least 4 members (excludes halogenated alkanes) is 1. The number of amides is 2. The Labute approximate surface area is 112 Å². The third-order valence-electron chi connectivity index (χ3n) is 3.31. The largest absolute Gasteiger partial charge is 0.449 e. The molecule has 3 N–H and O–H groups in total. The van der Waals surface area contributed by atoms with E-state index in [0.717, 1.165) is 19.3 Å². The van der Waals surface area contributed by atoms with Crippen LogP contribution in [0.5, 0.6) is 0 Å². The molecule has 1 aliphatic heterocycles. The summed E-state index contributed by atoms with van der Waals surface area (Å²) in [5, 5.41) is 2.57. The minimum Gasteiger partial charge on any atom is -0.449 e. The number of hydrogen-bond acceptors (Lipinski definition) is 5. The van der Waals surface area contributed by atoms with Crippen LogP contribution in [0, 0.1) is 0 Å². The third-order valence-corrected chi connectivity index (χ3v) is 3.31. The van der Waals surface area contributed by atoms with Crippen LogP contribution in [0.3, 0.4) is 0 Å². The molecule has 0 aliphatic carbocycles. The van der Waals surface area contributed by atoms with Crippen LogP contribution in [0.1, 0.15) is 32.1 Å². The molecule has 1 aliphatic rings. The summed E-state index contributed by atoms with van der Waals surface area (Å²) in [6.45, 7) is 1.71. The van der Waals surface area contributed by atoms with Crippen molar-refractivity contribution >= 4 is 18.8 Å². The molecule has 7 nitrogen and oxygen atoms in total. The maximum atomic E-state index is 11.3. The van der Waals surface area contributed by atoms with Crippen molar-refractivity contribution in [3.05, 3.63) is 0 Å². The van der Waals surface area contributed by atoms with Gasteiger partial charge in [-0.15, -0.1) is 0 Å². The van der Waals surface area contributed by atoms with Crippen LogP contribution in [0.25, 0.3) is 0 Å². The van der Waals surface area contributed by atoms with E-state index in [9.17, 15) is 14.4 Å². The molecule has 2 amide bonds. The van der Waals surface area contributed by atoms with E-state index < -0.39 is 6.23 Å². The lowest BCUT2D eigenvalue weighted by atomic mass is 10.1. The molecule has 7 heteroatoms. The summed E-state index contributed by atoms with van der Waals surface area (Å²) in [7, 11) is 0. The predicted octanol–water partition coefficient (Wildman–Crippen LogP) is -0.648. The smallest absolute Gasteiger partial charge is 0.294 e. The van der Waals surface area contributed by atoms with Crippen molar-refractivity contribution < 1.29 is 19.1 Å². The second-order valence-corrected chi connectivity index (χ2v) is 4.55. The minimum atomic E-state index is -0.409. The van der Waals surface area contributed by atoms with Gasteiger partial charge in [0, 0.05) is 13.1 Å². The van der Waals surface area contributed by atoms with Crippen LogP contribution in [0.15, 0.2) is 0 Å². The van der Waals surface area contributed by atoms with E-state index in [-0.39, 0.29) is 11.9 Å². The molecular formula is C12H21N3O4. The van der Waals surface area contributed by atoms with E-state index in [1.807, 2.05) is 4.90 Å². The van der Waals surface area contributed by atoms with Gasteiger partial charge in [-0.2, -0.15) is 0 Å². The van der Waals surface area contributed by atoms with Crippen LogP contribution in [0.4, 0.5) is 0 Å². The van der Waals surface area contributed by atoms with Crippen molar-refractivity contribution in [1.82, 2.24) is 10.2 Å². The molecule has 1 saturated heterocycles. The van der Waals surface area contributed by atoms with Crippen molar-refractivity contribution in [3.8, 4) is 0 Å². The second kappa shape index (κ2) is 8.47. The Morgan fingerprint density at radius 1 is 1.47 bits per heavy atom. The van der Waals surface area contributed by atoms with Gasteiger partial charge in [0.15, 0.2) is 6.23 Å². The molecule has 1 fully saturated rings. The number of hydrogen-bond donors (Lipinski definition) is 2. The summed E-state index contributed by atoms with van der Waals surface area (Å²) in [5.74, 6) is -0.375. The molecule has 1 heterocycles. The van der Waals surface area contributed by atoms with Crippen LogP contribution in [-0.4, -0.2) is 49.0 Å². The van der Waals surface area contributed by atoms with E-state index >= 15 is 0 Å². The molecule has 108 valence electrons. The number of likely N-dealkylation sites (tertiary alicyclic amines) is 1. The molecule has 0 radical (unpaired) electrons. The molecule has 19 heavy (non-hydrogen) atoms. The van der Waals surface area contributed by atoms with E-state index in [0.29, 0.717) is 38.8 Å². The van der Waals surface area contributed by atoms with Gasteiger partial charge in [0.05, 0.1) is 6.04 Å². The van der Waals surface area contributed by atoms with E-state index in [1.165, 1.54) is 0 Å². The lowest BCUT2D eigenvalue weighted by Crippen LogP contribution is -2.47. The fourth-order valence-corrected chi connectivity index (χ4v) is 2.42. The number of primary amides is 1. The Morgan fingerprint density at radius 3 is 2.89 bits per heavy atom. The Hall–Kier alpha value is -1.63. The van der Waals surface area contributed by atoms with Gasteiger partial charge in [0.1, 0.15) is 0 Å². The van der Waals surface area contributed by atoms with Crippen molar-refractivity contribution in [2.24, 2.45) is 5.73 Å². The van der Waals surface area contributed by atoms with Gasteiger partial charge in [-0.1, -0.05) is 0 Å². The lowest BCUT2D eigenvalue weighted by Gasteiger charge is -2.29. The zero-order valence-electron chi connectivity index (χ0n) is 10.9. The first kappa shape index (κ1) is 15.4. The number of carbonyl (C=O) groups excluding carboxylic acids is 3. The highest BCUT2D eigenvalue weighted by molar-refractivity contribution is 5.80. The molecular weight excluding hydrogens is 250 g/mol. The molecule has 0 saturated carbocycles. The quantitative estimate of drug-likeness (QED) is 0.406. The maximum absolute atomic E-state index is 11.3. The molecule has 0 aromatic carbocycles. The summed E-state index contributed by atoms with van der Waals surface area (Å²) in [6.07, 6.45) is 4.05.